The van der Waals surface area contributed by atoms with Crippen LogP contribution in [0.15, 0.2) is 47.2 Å². The number of nitriles is 3. The van der Waals surface area contributed by atoms with E-state index in [9.17, 15) is 15.8 Å². The molecule has 1 aromatic carbocycles. The van der Waals surface area contributed by atoms with Gasteiger partial charge in [0.25, 0.3) is 0 Å². The van der Waals surface area contributed by atoms with Gasteiger partial charge in [0.15, 0.2) is 5.41 Å². The first-order chi connectivity index (χ1) is 13.2. The molecule has 142 valence electrons. The van der Waals surface area contributed by atoms with E-state index in [1.165, 1.54) is 0 Å². The molecule has 0 aliphatic heterocycles. The highest BCUT2D eigenvalue weighted by Crippen LogP contribution is 2.58. The fourth-order valence-corrected chi connectivity index (χ4v) is 4.87. The van der Waals surface area contributed by atoms with Crippen LogP contribution in [0.4, 0.5) is 0 Å². The van der Waals surface area contributed by atoms with Crippen LogP contribution in [0.2, 0.25) is 5.02 Å². The molecule has 0 saturated heterocycles. The normalized spacial score (nSPS) is 26.3. The highest BCUT2D eigenvalue weighted by molar-refractivity contribution is 6.30. The van der Waals surface area contributed by atoms with E-state index in [0.29, 0.717) is 16.5 Å². The number of allylic oxidation sites excluding steroid dienone is 4. The van der Waals surface area contributed by atoms with E-state index in [-0.39, 0.29) is 17.0 Å². The molecule has 0 aromatic heterocycles. The molecule has 3 rings (SSSR count). The van der Waals surface area contributed by atoms with Gasteiger partial charge in [-0.25, -0.2) is 0 Å². The minimum absolute atomic E-state index is 0.0571. The zero-order chi connectivity index (χ0) is 20.7. The molecule has 0 unspecified atom stereocenters. The predicted molar refractivity (Wildman–Crippen MR) is 108 cm³/mol. The number of hydrogen-bond acceptors (Lipinski definition) is 4. The highest BCUT2D eigenvalue weighted by Gasteiger charge is 2.55. The third-order valence-electron chi connectivity index (χ3n) is 6.31. The molecular weight excluding hydrogens is 368 g/mol. The van der Waals surface area contributed by atoms with Gasteiger partial charge in [-0.15, -0.1) is 0 Å². The van der Waals surface area contributed by atoms with Crippen molar-refractivity contribution in [1.82, 2.24) is 0 Å². The van der Waals surface area contributed by atoms with Crippen LogP contribution in [-0.2, 0) is 0 Å². The molecule has 2 N–H and O–H groups in total. The molecule has 5 heteroatoms. The quantitative estimate of drug-likeness (QED) is 0.711. The SMILES string of the molecule is CC(C)(C)[C@@H]1CC=C2C(C#N)=C(N)C(C#N)(C#N)[C@H](c3cccc(Cl)c3)[C@H]2C1. The van der Waals surface area contributed by atoms with Gasteiger partial charge in [0.2, 0.25) is 0 Å². The van der Waals surface area contributed by atoms with Crippen LogP contribution in [-0.4, -0.2) is 0 Å². The first-order valence-electron chi connectivity index (χ1n) is 9.38. The van der Waals surface area contributed by atoms with Crippen LogP contribution in [0.1, 0.15) is 45.1 Å². The lowest BCUT2D eigenvalue weighted by Gasteiger charge is -2.47. The average molecular weight is 391 g/mol. The van der Waals surface area contributed by atoms with E-state index in [0.717, 1.165) is 24.0 Å². The Kier molecular flexibility index (Phi) is 5.01. The molecule has 3 atom stereocenters. The maximum Gasteiger partial charge on any atom is 0.191 e. The Morgan fingerprint density at radius 2 is 1.86 bits per heavy atom. The molecule has 0 spiro atoms. The molecule has 0 bridgehead atoms. The maximum atomic E-state index is 10.1. The van der Waals surface area contributed by atoms with E-state index in [4.69, 9.17) is 17.3 Å². The highest BCUT2D eigenvalue weighted by atomic mass is 35.5. The molecule has 0 fully saturated rings. The van der Waals surface area contributed by atoms with Crippen molar-refractivity contribution in [2.24, 2.45) is 28.4 Å². The van der Waals surface area contributed by atoms with E-state index in [1.807, 2.05) is 12.1 Å². The van der Waals surface area contributed by atoms with E-state index >= 15 is 0 Å². The topological polar surface area (TPSA) is 97.4 Å². The van der Waals surface area contributed by atoms with Crippen molar-refractivity contribution < 1.29 is 0 Å². The lowest BCUT2D eigenvalue weighted by atomic mass is 9.54. The summed E-state index contributed by atoms with van der Waals surface area (Å²) < 4.78 is 0. The monoisotopic (exact) mass is 390 g/mol. The van der Waals surface area contributed by atoms with Crippen LogP contribution in [0, 0.1) is 56.7 Å². The third-order valence-corrected chi connectivity index (χ3v) is 6.54. The lowest BCUT2D eigenvalue weighted by Crippen LogP contribution is -2.44. The van der Waals surface area contributed by atoms with Crippen molar-refractivity contribution in [2.75, 3.05) is 0 Å². The largest absolute Gasteiger partial charge is 0.399 e. The van der Waals surface area contributed by atoms with Gasteiger partial charge in [-0.2, -0.15) is 15.8 Å². The fraction of sp³-hybridized carbons (Fsp3) is 0.435. The van der Waals surface area contributed by atoms with Gasteiger partial charge in [-0.1, -0.05) is 50.6 Å². The van der Waals surface area contributed by atoms with Crippen molar-refractivity contribution in [3.05, 3.63) is 57.8 Å². The molecule has 0 heterocycles. The first kappa shape index (κ1) is 20.0. The Morgan fingerprint density at radius 1 is 1.18 bits per heavy atom. The van der Waals surface area contributed by atoms with Crippen molar-refractivity contribution in [3.8, 4) is 18.2 Å². The summed E-state index contributed by atoms with van der Waals surface area (Å²) in [6.07, 6.45) is 3.73. The Hall–Kier alpha value is -2.74. The van der Waals surface area contributed by atoms with Gasteiger partial charge >= 0.3 is 0 Å². The zero-order valence-corrected chi connectivity index (χ0v) is 17.1. The Bertz CT molecular complexity index is 977. The summed E-state index contributed by atoms with van der Waals surface area (Å²) in [5, 5.41) is 30.5. The average Bonchev–Trinajstić information content (AvgIpc) is 2.66. The molecule has 2 aliphatic carbocycles. The van der Waals surface area contributed by atoms with Crippen molar-refractivity contribution in [2.45, 2.75) is 39.5 Å². The number of fused-ring (bicyclic) bond motifs is 1. The maximum absolute atomic E-state index is 10.1. The Morgan fingerprint density at radius 3 is 2.39 bits per heavy atom. The van der Waals surface area contributed by atoms with Crippen molar-refractivity contribution in [3.63, 3.8) is 0 Å². The van der Waals surface area contributed by atoms with Crippen LogP contribution in [0.25, 0.3) is 0 Å². The summed E-state index contributed by atoms with van der Waals surface area (Å²) in [7, 11) is 0. The number of rotatable bonds is 1. The number of halogens is 1. The second kappa shape index (κ2) is 7.01. The van der Waals surface area contributed by atoms with Crippen molar-refractivity contribution in [1.29, 1.82) is 15.8 Å². The summed E-state index contributed by atoms with van der Waals surface area (Å²) in [5.41, 5.74) is 6.81. The molecule has 0 saturated carbocycles. The number of hydrogen-bond donors (Lipinski definition) is 1. The van der Waals surface area contributed by atoms with Gasteiger partial charge in [0, 0.05) is 10.9 Å². The van der Waals surface area contributed by atoms with Crippen LogP contribution in [0.3, 0.4) is 0 Å². The molecule has 4 nitrogen and oxygen atoms in total. The van der Waals surface area contributed by atoms with Gasteiger partial charge in [-0.3, -0.25) is 0 Å². The molecule has 1 aromatic rings. The second-order valence-electron chi connectivity index (χ2n) is 8.77. The van der Waals surface area contributed by atoms with Crippen molar-refractivity contribution >= 4 is 11.6 Å². The summed E-state index contributed by atoms with van der Waals surface area (Å²) in [5.74, 6) is -0.246. The third kappa shape index (κ3) is 2.97. The van der Waals surface area contributed by atoms with Crippen LogP contribution in [0.5, 0.6) is 0 Å². The second-order valence-corrected chi connectivity index (χ2v) is 9.20. The van der Waals surface area contributed by atoms with Gasteiger partial charge < -0.3 is 5.73 Å². The predicted octanol–water partition coefficient (Wildman–Crippen LogP) is 5.21. The first-order valence-corrected chi connectivity index (χ1v) is 9.76. The standard InChI is InChI=1S/C23H23ClN4/c1-22(2,3)15-7-8-17-18(10-15)20(14-5-4-6-16(24)9-14)23(12-26,13-27)21(28)19(17)11-25/h4-6,8-9,15,18,20H,7,10,28H2,1-3H3/t15-,18+,20-/m1/s1. The molecule has 0 amide bonds. The van der Waals surface area contributed by atoms with Crippen LogP contribution < -0.4 is 5.73 Å². The minimum Gasteiger partial charge on any atom is -0.399 e. The van der Waals surface area contributed by atoms with E-state index in [1.54, 1.807) is 12.1 Å². The molecule has 28 heavy (non-hydrogen) atoms. The van der Waals surface area contributed by atoms with E-state index < -0.39 is 11.3 Å². The summed E-state index contributed by atoms with van der Waals surface area (Å²) in [4.78, 5) is 0. The number of benzene rings is 1. The summed E-state index contributed by atoms with van der Waals surface area (Å²) in [6.45, 7) is 6.60. The van der Waals surface area contributed by atoms with E-state index in [2.05, 4.69) is 45.1 Å². The number of nitrogens with zero attached hydrogens (tertiary/aromatic N) is 3. The lowest BCUT2D eigenvalue weighted by molar-refractivity contribution is 0.170. The minimum atomic E-state index is -1.60. The molecule has 2 aliphatic rings. The summed E-state index contributed by atoms with van der Waals surface area (Å²) in [6, 6.07) is 13.8. The fourth-order valence-electron chi connectivity index (χ4n) is 4.67. The van der Waals surface area contributed by atoms with Gasteiger partial charge in [0.05, 0.1) is 23.4 Å². The zero-order valence-electron chi connectivity index (χ0n) is 16.3. The number of nitrogens with two attached hydrogens (primary N) is 1. The molecule has 0 radical (unpaired) electrons. The van der Waals surface area contributed by atoms with Crippen LogP contribution >= 0.6 is 11.6 Å². The smallest absolute Gasteiger partial charge is 0.191 e. The Labute approximate surface area is 171 Å². The molecular formula is C23H23ClN4. The van der Waals surface area contributed by atoms with Gasteiger partial charge in [0.1, 0.15) is 6.07 Å². The van der Waals surface area contributed by atoms with Gasteiger partial charge in [-0.05, 0) is 53.4 Å². The summed E-state index contributed by atoms with van der Waals surface area (Å²) >= 11 is 6.24. The Balaban J connectivity index is 2.31.